The SMILES string of the molecule is O=C(Nc1nc2c(s1)CNCC2)c1ccc(Br)c(O)c1. The van der Waals surface area contributed by atoms with Crippen LogP contribution in [-0.2, 0) is 13.0 Å². The van der Waals surface area contributed by atoms with Crippen LogP contribution in [0.2, 0.25) is 0 Å². The van der Waals surface area contributed by atoms with Gasteiger partial charge in [0, 0.05) is 30.0 Å². The molecule has 3 N–H and O–H groups in total. The van der Waals surface area contributed by atoms with Crippen molar-refractivity contribution < 1.29 is 9.90 Å². The van der Waals surface area contributed by atoms with Crippen molar-refractivity contribution >= 4 is 38.3 Å². The van der Waals surface area contributed by atoms with Crippen LogP contribution in [0.25, 0.3) is 0 Å². The minimum absolute atomic E-state index is 0.0419. The number of phenolic OH excluding ortho intramolecular Hbond substituents is 1. The molecule has 0 radical (unpaired) electrons. The molecule has 2 heterocycles. The number of halogens is 1. The first kappa shape index (κ1) is 13.5. The van der Waals surface area contributed by atoms with Crippen molar-refractivity contribution in [3.05, 3.63) is 38.8 Å². The highest BCUT2D eigenvalue weighted by atomic mass is 79.9. The Balaban J connectivity index is 1.78. The average molecular weight is 354 g/mol. The van der Waals surface area contributed by atoms with E-state index in [2.05, 4.69) is 31.5 Å². The van der Waals surface area contributed by atoms with Crippen LogP contribution < -0.4 is 10.6 Å². The van der Waals surface area contributed by atoms with Gasteiger partial charge in [0.15, 0.2) is 5.13 Å². The fourth-order valence-electron chi connectivity index (χ4n) is 2.00. The Kier molecular flexibility index (Phi) is 3.73. The van der Waals surface area contributed by atoms with E-state index < -0.39 is 0 Å². The number of amides is 1. The Labute approximate surface area is 128 Å². The third-order valence-corrected chi connectivity index (χ3v) is 4.71. The van der Waals surface area contributed by atoms with Crippen molar-refractivity contribution in [3.8, 4) is 5.75 Å². The third-order valence-electron chi connectivity index (χ3n) is 3.03. The number of carbonyl (C=O) groups excluding carboxylic acids is 1. The van der Waals surface area contributed by atoms with E-state index in [-0.39, 0.29) is 11.7 Å². The number of benzene rings is 1. The molecule has 1 amide bonds. The number of thiazole rings is 1. The number of hydrogen-bond donors (Lipinski definition) is 3. The van der Waals surface area contributed by atoms with Crippen molar-refractivity contribution in [2.45, 2.75) is 13.0 Å². The summed E-state index contributed by atoms with van der Waals surface area (Å²) in [6.45, 7) is 1.73. The van der Waals surface area contributed by atoms with E-state index in [1.165, 1.54) is 22.3 Å². The van der Waals surface area contributed by atoms with Crippen LogP contribution in [0.1, 0.15) is 20.9 Å². The number of anilines is 1. The quantitative estimate of drug-likeness (QED) is 0.775. The lowest BCUT2D eigenvalue weighted by Gasteiger charge is -2.09. The highest BCUT2D eigenvalue weighted by Gasteiger charge is 2.16. The zero-order valence-corrected chi connectivity index (χ0v) is 12.8. The van der Waals surface area contributed by atoms with Gasteiger partial charge in [-0.25, -0.2) is 4.98 Å². The molecule has 7 heteroatoms. The lowest BCUT2D eigenvalue weighted by molar-refractivity contribution is 0.102. The number of rotatable bonds is 2. The van der Waals surface area contributed by atoms with E-state index in [4.69, 9.17) is 0 Å². The molecule has 104 valence electrons. The predicted molar refractivity (Wildman–Crippen MR) is 81.3 cm³/mol. The molecule has 0 fully saturated rings. The van der Waals surface area contributed by atoms with Gasteiger partial charge in [-0.3, -0.25) is 10.1 Å². The van der Waals surface area contributed by atoms with Gasteiger partial charge in [0.25, 0.3) is 5.91 Å². The maximum Gasteiger partial charge on any atom is 0.257 e. The van der Waals surface area contributed by atoms with Crippen LogP contribution in [0, 0.1) is 0 Å². The minimum atomic E-state index is -0.271. The number of nitrogens with one attached hydrogen (secondary N) is 2. The van der Waals surface area contributed by atoms with Crippen LogP contribution in [0.3, 0.4) is 0 Å². The van der Waals surface area contributed by atoms with Gasteiger partial charge in [0.2, 0.25) is 0 Å². The predicted octanol–water partition coefficient (Wildman–Crippen LogP) is 2.51. The third kappa shape index (κ3) is 2.70. The number of aromatic hydroxyl groups is 1. The molecule has 1 aromatic carbocycles. The standard InChI is InChI=1S/C13H12BrN3O2S/c14-8-2-1-7(5-10(8)18)12(19)17-13-16-9-3-4-15-6-11(9)20-13/h1-2,5,15,18H,3-4,6H2,(H,16,17,19). The second kappa shape index (κ2) is 5.51. The van der Waals surface area contributed by atoms with E-state index in [1.54, 1.807) is 12.1 Å². The summed E-state index contributed by atoms with van der Waals surface area (Å²) < 4.78 is 0.560. The molecule has 0 saturated carbocycles. The lowest BCUT2D eigenvalue weighted by Crippen LogP contribution is -2.22. The molecule has 1 aliphatic rings. The first-order chi connectivity index (χ1) is 9.63. The summed E-state index contributed by atoms with van der Waals surface area (Å²) in [6, 6.07) is 4.71. The molecule has 20 heavy (non-hydrogen) atoms. The summed E-state index contributed by atoms with van der Waals surface area (Å²) in [7, 11) is 0. The van der Waals surface area contributed by atoms with Crippen molar-refractivity contribution in [3.63, 3.8) is 0 Å². The summed E-state index contributed by atoms with van der Waals surface area (Å²) in [6.07, 6.45) is 0.890. The number of nitrogens with zero attached hydrogens (tertiary/aromatic N) is 1. The fourth-order valence-corrected chi connectivity index (χ4v) is 3.22. The van der Waals surface area contributed by atoms with Crippen molar-refractivity contribution in [2.24, 2.45) is 0 Å². The maximum atomic E-state index is 12.1. The molecule has 1 aliphatic heterocycles. The van der Waals surface area contributed by atoms with Crippen LogP contribution >= 0.6 is 27.3 Å². The molecule has 3 rings (SSSR count). The fraction of sp³-hybridized carbons (Fsp3) is 0.231. The van der Waals surface area contributed by atoms with E-state index in [0.29, 0.717) is 15.2 Å². The maximum absolute atomic E-state index is 12.1. The molecule has 0 saturated heterocycles. The van der Waals surface area contributed by atoms with Crippen LogP contribution in [0.4, 0.5) is 5.13 Å². The van der Waals surface area contributed by atoms with E-state index in [9.17, 15) is 9.90 Å². The van der Waals surface area contributed by atoms with Gasteiger partial charge in [-0.15, -0.1) is 11.3 Å². The highest BCUT2D eigenvalue weighted by Crippen LogP contribution is 2.27. The zero-order chi connectivity index (χ0) is 14.1. The minimum Gasteiger partial charge on any atom is -0.507 e. The Morgan fingerprint density at radius 1 is 1.50 bits per heavy atom. The Morgan fingerprint density at radius 2 is 2.35 bits per heavy atom. The van der Waals surface area contributed by atoms with Gasteiger partial charge in [0.05, 0.1) is 10.2 Å². The van der Waals surface area contributed by atoms with Crippen molar-refractivity contribution in [1.82, 2.24) is 10.3 Å². The van der Waals surface area contributed by atoms with E-state index in [0.717, 1.165) is 25.2 Å². The average Bonchev–Trinajstić information content (AvgIpc) is 2.83. The molecule has 5 nitrogen and oxygen atoms in total. The largest absolute Gasteiger partial charge is 0.507 e. The Bertz CT molecular complexity index is 648. The normalized spacial score (nSPS) is 13.8. The van der Waals surface area contributed by atoms with E-state index in [1.807, 2.05) is 0 Å². The molecular weight excluding hydrogens is 342 g/mol. The van der Waals surface area contributed by atoms with Gasteiger partial charge in [-0.1, -0.05) is 0 Å². The van der Waals surface area contributed by atoms with E-state index >= 15 is 0 Å². The van der Waals surface area contributed by atoms with Gasteiger partial charge in [0.1, 0.15) is 5.75 Å². The number of hydrogen-bond acceptors (Lipinski definition) is 5. The van der Waals surface area contributed by atoms with Crippen LogP contribution in [-0.4, -0.2) is 22.5 Å². The molecule has 0 spiro atoms. The second-order valence-electron chi connectivity index (χ2n) is 4.44. The van der Waals surface area contributed by atoms with Crippen molar-refractivity contribution in [1.29, 1.82) is 0 Å². The lowest BCUT2D eigenvalue weighted by atomic mass is 10.2. The smallest absolute Gasteiger partial charge is 0.257 e. The molecular formula is C13H12BrN3O2S. The highest BCUT2D eigenvalue weighted by molar-refractivity contribution is 9.10. The van der Waals surface area contributed by atoms with Crippen LogP contribution in [0.15, 0.2) is 22.7 Å². The number of carbonyl (C=O) groups is 1. The molecule has 0 aliphatic carbocycles. The van der Waals surface area contributed by atoms with Gasteiger partial charge in [-0.05, 0) is 34.1 Å². The Morgan fingerprint density at radius 3 is 3.10 bits per heavy atom. The summed E-state index contributed by atoms with van der Waals surface area (Å²) in [5.74, 6) is -0.230. The summed E-state index contributed by atoms with van der Waals surface area (Å²) >= 11 is 4.67. The monoisotopic (exact) mass is 353 g/mol. The number of fused-ring (bicyclic) bond motifs is 1. The summed E-state index contributed by atoms with van der Waals surface area (Å²) in [4.78, 5) is 17.7. The van der Waals surface area contributed by atoms with Gasteiger partial charge >= 0.3 is 0 Å². The molecule has 0 unspecified atom stereocenters. The van der Waals surface area contributed by atoms with Gasteiger partial charge in [-0.2, -0.15) is 0 Å². The summed E-state index contributed by atoms with van der Waals surface area (Å²) in [5, 5.41) is 16.3. The summed E-state index contributed by atoms with van der Waals surface area (Å²) in [5.41, 5.74) is 1.46. The molecule has 0 bridgehead atoms. The van der Waals surface area contributed by atoms with Gasteiger partial charge < -0.3 is 10.4 Å². The number of phenols is 1. The van der Waals surface area contributed by atoms with Crippen molar-refractivity contribution in [2.75, 3.05) is 11.9 Å². The first-order valence-corrected chi connectivity index (χ1v) is 7.73. The first-order valence-electron chi connectivity index (χ1n) is 6.12. The second-order valence-corrected chi connectivity index (χ2v) is 6.37. The molecule has 0 atom stereocenters. The zero-order valence-electron chi connectivity index (χ0n) is 10.4. The Hall–Kier alpha value is -1.44. The van der Waals surface area contributed by atoms with Crippen LogP contribution in [0.5, 0.6) is 5.75 Å². The molecule has 2 aromatic rings. The molecule has 1 aromatic heterocycles. The topological polar surface area (TPSA) is 74.2 Å². The number of aromatic nitrogens is 1.